The topological polar surface area (TPSA) is 102 Å². The third-order valence-corrected chi connectivity index (χ3v) is 11.3. The summed E-state index contributed by atoms with van der Waals surface area (Å²) in [6, 6.07) is 0. The highest BCUT2D eigenvalue weighted by atomic mass is 16.6. The van der Waals surface area contributed by atoms with E-state index in [9.17, 15) is 0 Å². The molecule has 0 aromatic rings. The number of rotatable bonds is 61. The van der Waals surface area contributed by atoms with Crippen molar-refractivity contribution in [1.82, 2.24) is 0 Å². The van der Waals surface area contributed by atoms with Crippen molar-refractivity contribution in [1.29, 1.82) is 0 Å². The lowest BCUT2D eigenvalue weighted by atomic mass is 10.0. The van der Waals surface area contributed by atoms with Gasteiger partial charge in [-0.2, -0.15) is 0 Å². The average Bonchev–Trinajstić information content (AvgIpc) is 3.31. The van der Waals surface area contributed by atoms with Gasteiger partial charge in [-0.15, -0.1) is 0 Å². The molecule has 0 atom stereocenters. The van der Waals surface area contributed by atoms with Crippen molar-refractivity contribution < 1.29 is 52.1 Å². The van der Waals surface area contributed by atoms with Gasteiger partial charge in [0.25, 0.3) is 0 Å². The lowest BCUT2D eigenvalue weighted by molar-refractivity contribution is -0.0275. The summed E-state index contributed by atoms with van der Waals surface area (Å²) < 4.78 is 61.5. The molecule has 11 nitrogen and oxygen atoms in total. The highest BCUT2D eigenvalue weighted by Crippen LogP contribution is 2.14. The van der Waals surface area contributed by atoms with Crippen LogP contribution in [0.3, 0.4) is 0 Å². The lowest BCUT2D eigenvalue weighted by Crippen LogP contribution is -2.15. The second-order valence-corrected chi connectivity index (χ2v) is 17.3. The summed E-state index contributed by atoms with van der Waals surface area (Å²) in [5.74, 6) is 0. The normalized spacial score (nSPS) is 11.7. The number of unbranched alkanes of at least 4 members (excludes halogenated alkanes) is 27. The zero-order valence-corrected chi connectivity index (χ0v) is 42.6. The van der Waals surface area contributed by atoms with E-state index in [0.717, 1.165) is 26.1 Å². The van der Waals surface area contributed by atoms with Gasteiger partial charge >= 0.3 is 0 Å². The minimum Gasteiger partial charge on any atom is -0.379 e. The van der Waals surface area contributed by atoms with Gasteiger partial charge in [0.1, 0.15) is 0 Å². The maximum Gasteiger partial charge on any atom is 0.0701 e. The quantitative estimate of drug-likeness (QED) is 0.0545. The zero-order valence-electron chi connectivity index (χ0n) is 42.6. The summed E-state index contributed by atoms with van der Waals surface area (Å²) in [7, 11) is 0. The average molecular weight is 921 g/mol. The van der Waals surface area contributed by atoms with Gasteiger partial charge in [-0.3, -0.25) is 0 Å². The molecule has 0 rings (SSSR count). The van der Waals surface area contributed by atoms with Crippen LogP contribution in [0, 0.1) is 0 Å². The summed E-state index contributed by atoms with van der Waals surface area (Å²) in [6.45, 7) is 17.5. The van der Waals surface area contributed by atoms with Crippen molar-refractivity contribution in [2.45, 2.75) is 200 Å². The minimum atomic E-state index is 0.529. The Morgan fingerprint density at radius 3 is 0.375 bits per heavy atom. The molecule has 64 heavy (non-hydrogen) atoms. The van der Waals surface area contributed by atoms with E-state index in [4.69, 9.17) is 52.1 Å². The Labute approximate surface area is 396 Å². The molecule has 0 heterocycles. The van der Waals surface area contributed by atoms with Crippen LogP contribution in [0.1, 0.15) is 200 Å². The van der Waals surface area contributed by atoms with E-state index in [1.54, 1.807) is 0 Å². The third kappa shape index (κ3) is 61.6. The monoisotopic (exact) mass is 921 g/mol. The molecule has 0 aliphatic rings. The number of hydrogen-bond acceptors (Lipinski definition) is 11. The Kier molecular flexibility index (Phi) is 62.1. The molecule has 11 heteroatoms. The van der Waals surface area contributed by atoms with Crippen molar-refractivity contribution in [3.8, 4) is 0 Å². The molecule has 386 valence electrons. The molecule has 0 fully saturated rings. The van der Waals surface area contributed by atoms with Crippen LogP contribution in [-0.2, 0) is 52.1 Å². The van der Waals surface area contributed by atoms with Crippen molar-refractivity contribution in [3.05, 3.63) is 0 Å². The Balaban J connectivity index is 3.06. The van der Waals surface area contributed by atoms with Gasteiger partial charge in [-0.05, 0) is 12.8 Å². The Morgan fingerprint density at radius 2 is 0.234 bits per heavy atom. The zero-order chi connectivity index (χ0) is 45.8. The van der Waals surface area contributed by atoms with E-state index in [0.29, 0.717) is 132 Å². The molecule has 0 saturated carbocycles. The highest BCUT2D eigenvalue weighted by Gasteiger charge is 1.99. The molecule has 0 saturated heterocycles. The van der Waals surface area contributed by atoms with Gasteiger partial charge in [0.15, 0.2) is 0 Å². The first-order valence-electron chi connectivity index (χ1n) is 27.3. The highest BCUT2D eigenvalue weighted by molar-refractivity contribution is 4.51. The smallest absolute Gasteiger partial charge is 0.0701 e. The fourth-order valence-corrected chi connectivity index (χ4v) is 7.28. The summed E-state index contributed by atoms with van der Waals surface area (Å²) in [6.07, 6.45) is 40.0. The largest absolute Gasteiger partial charge is 0.379 e. The summed E-state index contributed by atoms with van der Waals surface area (Å²) in [5, 5.41) is 0. The number of hydrogen-bond donors (Lipinski definition) is 0. The number of ether oxygens (including phenoxy) is 11. The molecule has 0 unspecified atom stereocenters. The second kappa shape index (κ2) is 62.6. The molecule has 0 aliphatic heterocycles. The van der Waals surface area contributed by atoms with Crippen molar-refractivity contribution in [2.24, 2.45) is 0 Å². The molecule has 0 N–H and O–H groups in total. The van der Waals surface area contributed by atoms with E-state index in [2.05, 4.69) is 13.8 Å². The molecule has 0 aromatic heterocycles. The summed E-state index contributed by atoms with van der Waals surface area (Å²) in [4.78, 5) is 0. The second-order valence-electron chi connectivity index (χ2n) is 17.3. The van der Waals surface area contributed by atoms with E-state index >= 15 is 0 Å². The molecular weight excluding hydrogens is 813 g/mol. The maximum absolute atomic E-state index is 5.71. The first-order valence-corrected chi connectivity index (χ1v) is 27.3. The van der Waals surface area contributed by atoms with Crippen LogP contribution in [0.5, 0.6) is 0 Å². The van der Waals surface area contributed by atoms with Gasteiger partial charge in [-0.1, -0.05) is 187 Å². The fourth-order valence-electron chi connectivity index (χ4n) is 7.28. The summed E-state index contributed by atoms with van der Waals surface area (Å²) in [5.41, 5.74) is 0. The van der Waals surface area contributed by atoms with E-state index in [-0.39, 0.29) is 0 Å². The molecule has 0 aromatic carbocycles. The van der Waals surface area contributed by atoms with Gasteiger partial charge < -0.3 is 52.1 Å². The first-order chi connectivity index (χ1) is 31.9. The Morgan fingerprint density at radius 1 is 0.125 bits per heavy atom. The van der Waals surface area contributed by atoms with Gasteiger partial charge in [0.2, 0.25) is 0 Å². The van der Waals surface area contributed by atoms with Crippen LogP contribution in [-0.4, -0.2) is 145 Å². The Hall–Kier alpha value is -0.440. The van der Waals surface area contributed by atoms with Crippen LogP contribution >= 0.6 is 0 Å². The SMILES string of the molecule is CCCCCCCCCCCCCCCCCCOCCOCCOCCOCCOCCOCCOCCOCCOCCOCCOCCCCCCCCCCCCCCC. The molecule has 0 aliphatic carbocycles. The van der Waals surface area contributed by atoms with Crippen LogP contribution in [0.2, 0.25) is 0 Å². The predicted octanol–water partition coefficient (Wildman–Crippen LogP) is 12.5. The van der Waals surface area contributed by atoms with E-state index in [1.165, 1.54) is 173 Å². The predicted molar refractivity (Wildman–Crippen MR) is 264 cm³/mol. The molecule has 0 radical (unpaired) electrons. The molecular formula is C53H108O11. The van der Waals surface area contributed by atoms with Gasteiger partial charge in [-0.25, -0.2) is 0 Å². The Bertz CT molecular complexity index is 719. The minimum absolute atomic E-state index is 0.529. The molecule has 0 spiro atoms. The van der Waals surface area contributed by atoms with Crippen LogP contribution in [0.15, 0.2) is 0 Å². The van der Waals surface area contributed by atoms with Gasteiger partial charge in [0, 0.05) is 13.2 Å². The molecule has 0 bridgehead atoms. The van der Waals surface area contributed by atoms with E-state index < -0.39 is 0 Å². The van der Waals surface area contributed by atoms with E-state index in [1.807, 2.05) is 0 Å². The fraction of sp³-hybridized carbons (Fsp3) is 1.00. The summed E-state index contributed by atoms with van der Waals surface area (Å²) >= 11 is 0. The van der Waals surface area contributed by atoms with Crippen molar-refractivity contribution in [3.63, 3.8) is 0 Å². The van der Waals surface area contributed by atoms with Crippen LogP contribution < -0.4 is 0 Å². The van der Waals surface area contributed by atoms with Crippen LogP contribution in [0.25, 0.3) is 0 Å². The van der Waals surface area contributed by atoms with Crippen molar-refractivity contribution >= 4 is 0 Å². The third-order valence-electron chi connectivity index (χ3n) is 11.3. The first kappa shape index (κ1) is 63.6. The van der Waals surface area contributed by atoms with Gasteiger partial charge in [0.05, 0.1) is 132 Å². The maximum atomic E-state index is 5.71. The van der Waals surface area contributed by atoms with Crippen molar-refractivity contribution in [2.75, 3.05) is 145 Å². The lowest BCUT2D eigenvalue weighted by Gasteiger charge is -2.09. The molecule has 0 amide bonds. The standard InChI is InChI=1S/C53H108O11/c1-3-5-7-9-11-13-15-17-18-19-21-23-25-27-29-31-33-55-35-37-57-39-41-59-43-45-61-47-49-63-51-53-64-52-50-62-48-46-60-44-42-58-40-38-56-36-34-54-32-30-28-26-24-22-20-16-14-12-10-8-6-4-2/h3-53H2,1-2H3. The van der Waals surface area contributed by atoms with Crippen LogP contribution in [0.4, 0.5) is 0 Å².